The quantitative estimate of drug-likeness (QED) is 0.486. The maximum Gasteiger partial charge on any atom is 0.270 e. The standard InChI is InChI=1S/C24H23F2N/c1-5-18-10-11-22(24(4,25)26)13-23(18)20-8-6-19(7-9-20)17(3)21-12-16(2)14-27-15-21/h6-15H,3,5H2,1-2,4H3. The third-order valence-electron chi connectivity index (χ3n) is 4.77. The number of hydrogen-bond donors (Lipinski definition) is 0. The number of benzene rings is 2. The van der Waals surface area contributed by atoms with Gasteiger partial charge in [0.15, 0.2) is 0 Å². The highest BCUT2D eigenvalue weighted by atomic mass is 19.3. The molecule has 2 aromatic carbocycles. The molecule has 0 aliphatic rings. The molecule has 0 fully saturated rings. The normalized spacial score (nSPS) is 11.4. The van der Waals surface area contributed by atoms with Gasteiger partial charge in [-0.2, -0.15) is 0 Å². The number of aryl methyl sites for hydroxylation is 2. The minimum absolute atomic E-state index is 0.0361. The smallest absolute Gasteiger partial charge is 0.264 e. The summed E-state index contributed by atoms with van der Waals surface area (Å²) in [5, 5.41) is 0. The van der Waals surface area contributed by atoms with Gasteiger partial charge in [-0.25, -0.2) is 8.78 Å². The van der Waals surface area contributed by atoms with Crippen LogP contribution in [-0.2, 0) is 12.3 Å². The molecular formula is C24H23F2N. The largest absolute Gasteiger partial charge is 0.270 e. The van der Waals surface area contributed by atoms with Crippen LogP contribution in [-0.4, -0.2) is 4.98 Å². The maximum absolute atomic E-state index is 13.8. The Hall–Kier alpha value is -2.81. The van der Waals surface area contributed by atoms with Crippen LogP contribution in [0, 0.1) is 6.92 Å². The Morgan fingerprint density at radius 3 is 2.30 bits per heavy atom. The highest BCUT2D eigenvalue weighted by Crippen LogP contribution is 2.34. The third-order valence-corrected chi connectivity index (χ3v) is 4.77. The molecule has 3 aromatic rings. The molecule has 1 nitrogen and oxygen atoms in total. The van der Waals surface area contributed by atoms with Crippen molar-refractivity contribution < 1.29 is 8.78 Å². The topological polar surface area (TPSA) is 12.9 Å². The first kappa shape index (κ1) is 19.0. The van der Waals surface area contributed by atoms with Crippen LogP contribution in [0.3, 0.4) is 0 Å². The molecule has 138 valence electrons. The molecule has 1 aromatic heterocycles. The number of halogens is 2. The molecule has 0 bridgehead atoms. The zero-order valence-electron chi connectivity index (χ0n) is 15.9. The van der Waals surface area contributed by atoms with Crippen LogP contribution in [0.1, 0.15) is 41.7 Å². The van der Waals surface area contributed by atoms with Crippen molar-refractivity contribution >= 4 is 5.57 Å². The summed E-state index contributed by atoms with van der Waals surface area (Å²) < 4.78 is 27.5. The van der Waals surface area contributed by atoms with E-state index in [-0.39, 0.29) is 5.56 Å². The predicted octanol–water partition coefficient (Wildman–Crippen LogP) is 6.79. The fourth-order valence-corrected chi connectivity index (χ4v) is 3.16. The summed E-state index contributed by atoms with van der Waals surface area (Å²) >= 11 is 0. The molecule has 0 N–H and O–H groups in total. The Kier molecular flexibility index (Phi) is 5.22. The van der Waals surface area contributed by atoms with Gasteiger partial charge in [0.1, 0.15) is 0 Å². The lowest BCUT2D eigenvalue weighted by Crippen LogP contribution is -2.07. The van der Waals surface area contributed by atoms with Gasteiger partial charge in [-0.15, -0.1) is 0 Å². The third kappa shape index (κ3) is 4.13. The van der Waals surface area contributed by atoms with Crippen molar-refractivity contribution in [1.29, 1.82) is 0 Å². The van der Waals surface area contributed by atoms with Gasteiger partial charge in [-0.05, 0) is 58.9 Å². The van der Waals surface area contributed by atoms with Crippen LogP contribution in [0.5, 0.6) is 0 Å². The van der Waals surface area contributed by atoms with Crippen LogP contribution < -0.4 is 0 Å². The Bertz CT molecular complexity index is 966. The van der Waals surface area contributed by atoms with E-state index in [9.17, 15) is 8.78 Å². The lowest BCUT2D eigenvalue weighted by Gasteiger charge is -2.16. The van der Waals surface area contributed by atoms with Crippen molar-refractivity contribution in [3.63, 3.8) is 0 Å². The number of aromatic nitrogens is 1. The van der Waals surface area contributed by atoms with Gasteiger partial charge in [0.05, 0.1) is 0 Å². The maximum atomic E-state index is 13.8. The molecule has 3 heteroatoms. The minimum atomic E-state index is -2.85. The summed E-state index contributed by atoms with van der Waals surface area (Å²) in [5.74, 6) is -2.85. The fraction of sp³-hybridized carbons (Fsp3) is 0.208. The highest BCUT2D eigenvalue weighted by molar-refractivity contribution is 5.79. The van der Waals surface area contributed by atoms with Gasteiger partial charge in [0.2, 0.25) is 0 Å². The van der Waals surface area contributed by atoms with E-state index in [4.69, 9.17) is 0 Å². The van der Waals surface area contributed by atoms with Crippen LogP contribution in [0.25, 0.3) is 16.7 Å². The fourth-order valence-electron chi connectivity index (χ4n) is 3.16. The van der Waals surface area contributed by atoms with Gasteiger partial charge in [0, 0.05) is 30.4 Å². The average Bonchev–Trinajstić information content (AvgIpc) is 2.66. The van der Waals surface area contributed by atoms with Gasteiger partial charge >= 0.3 is 0 Å². The first-order valence-electron chi connectivity index (χ1n) is 9.02. The number of hydrogen-bond acceptors (Lipinski definition) is 1. The number of pyridine rings is 1. The molecule has 0 unspecified atom stereocenters. The first-order chi connectivity index (χ1) is 12.8. The Morgan fingerprint density at radius 2 is 1.70 bits per heavy atom. The van der Waals surface area contributed by atoms with E-state index in [1.807, 2.05) is 50.4 Å². The second-order valence-electron chi connectivity index (χ2n) is 6.92. The van der Waals surface area contributed by atoms with E-state index < -0.39 is 5.92 Å². The highest BCUT2D eigenvalue weighted by Gasteiger charge is 2.25. The zero-order chi connectivity index (χ0) is 19.6. The summed E-state index contributed by atoms with van der Waals surface area (Å²) in [4.78, 5) is 4.22. The van der Waals surface area contributed by atoms with Crippen molar-refractivity contribution in [3.05, 3.63) is 95.3 Å². The van der Waals surface area contributed by atoms with Crippen molar-refractivity contribution in [1.82, 2.24) is 4.98 Å². The lowest BCUT2D eigenvalue weighted by molar-refractivity contribution is 0.0175. The SMILES string of the molecule is C=C(c1ccc(-c2cc(C(C)(F)F)ccc2CC)cc1)c1cncc(C)c1. The summed E-state index contributed by atoms with van der Waals surface area (Å²) in [5.41, 5.74) is 6.80. The van der Waals surface area contributed by atoms with E-state index in [0.29, 0.717) is 0 Å². The Balaban J connectivity index is 1.97. The van der Waals surface area contributed by atoms with Crippen LogP contribution in [0.2, 0.25) is 0 Å². The van der Waals surface area contributed by atoms with Crippen molar-refractivity contribution in [2.45, 2.75) is 33.1 Å². The Labute approximate surface area is 159 Å². The minimum Gasteiger partial charge on any atom is -0.264 e. The number of alkyl halides is 2. The predicted molar refractivity (Wildman–Crippen MR) is 108 cm³/mol. The van der Waals surface area contributed by atoms with Gasteiger partial charge in [-0.3, -0.25) is 4.98 Å². The van der Waals surface area contributed by atoms with Crippen molar-refractivity contribution in [2.75, 3.05) is 0 Å². The second-order valence-corrected chi connectivity index (χ2v) is 6.92. The molecule has 0 spiro atoms. The van der Waals surface area contributed by atoms with Crippen molar-refractivity contribution in [2.24, 2.45) is 0 Å². The lowest BCUT2D eigenvalue weighted by atomic mass is 9.92. The number of rotatable bonds is 5. The molecular weight excluding hydrogens is 340 g/mol. The summed E-state index contributed by atoms with van der Waals surface area (Å²) in [6, 6.07) is 14.9. The zero-order valence-corrected chi connectivity index (χ0v) is 15.9. The molecule has 0 aliphatic heterocycles. The van der Waals surface area contributed by atoms with Crippen LogP contribution in [0.4, 0.5) is 8.78 Å². The van der Waals surface area contributed by atoms with E-state index in [2.05, 4.69) is 11.6 Å². The Morgan fingerprint density at radius 1 is 1.00 bits per heavy atom. The van der Waals surface area contributed by atoms with E-state index in [0.717, 1.165) is 52.3 Å². The number of nitrogens with zero attached hydrogens (tertiary/aromatic N) is 1. The molecule has 0 saturated heterocycles. The summed E-state index contributed by atoms with van der Waals surface area (Å²) in [6.07, 6.45) is 4.39. The van der Waals surface area contributed by atoms with E-state index in [1.165, 1.54) is 6.07 Å². The van der Waals surface area contributed by atoms with E-state index in [1.54, 1.807) is 18.3 Å². The summed E-state index contributed by atoms with van der Waals surface area (Å²) in [6.45, 7) is 9.14. The van der Waals surface area contributed by atoms with Gasteiger partial charge in [-0.1, -0.05) is 49.9 Å². The molecule has 0 atom stereocenters. The van der Waals surface area contributed by atoms with Crippen LogP contribution >= 0.6 is 0 Å². The molecule has 0 aliphatic carbocycles. The van der Waals surface area contributed by atoms with Gasteiger partial charge < -0.3 is 0 Å². The molecule has 27 heavy (non-hydrogen) atoms. The summed E-state index contributed by atoms with van der Waals surface area (Å²) in [7, 11) is 0. The van der Waals surface area contributed by atoms with Crippen molar-refractivity contribution in [3.8, 4) is 11.1 Å². The van der Waals surface area contributed by atoms with Gasteiger partial charge in [0.25, 0.3) is 5.92 Å². The first-order valence-corrected chi connectivity index (χ1v) is 9.02. The molecule has 0 saturated carbocycles. The van der Waals surface area contributed by atoms with Crippen LogP contribution in [0.15, 0.2) is 67.5 Å². The molecule has 3 rings (SSSR count). The molecule has 0 radical (unpaired) electrons. The monoisotopic (exact) mass is 363 g/mol. The second kappa shape index (κ2) is 7.43. The molecule has 0 amide bonds. The van der Waals surface area contributed by atoms with E-state index >= 15 is 0 Å². The molecule has 1 heterocycles. The average molecular weight is 363 g/mol.